The van der Waals surface area contributed by atoms with Gasteiger partial charge in [-0.05, 0) is 46.6 Å². The van der Waals surface area contributed by atoms with Gasteiger partial charge >= 0.3 is 0 Å². The van der Waals surface area contributed by atoms with Gasteiger partial charge in [0.25, 0.3) is 0 Å². The smallest absolute Gasteiger partial charge is 0.0751 e. The van der Waals surface area contributed by atoms with E-state index in [9.17, 15) is 0 Å². The summed E-state index contributed by atoms with van der Waals surface area (Å²) in [4.78, 5) is 8.79. The Kier molecular flexibility index (Phi) is 2.84. The van der Waals surface area contributed by atoms with E-state index in [1.54, 1.807) is 12.4 Å². The number of nitrogens with zero attached hydrogens (tertiary/aromatic N) is 2. The van der Waals surface area contributed by atoms with Crippen LogP contribution >= 0.6 is 15.9 Å². The molecule has 2 nitrogen and oxygen atoms in total. The number of para-hydroxylation sites is 1. The van der Waals surface area contributed by atoms with Crippen molar-refractivity contribution in [3.05, 3.63) is 58.8 Å². The van der Waals surface area contributed by atoms with E-state index in [0.717, 1.165) is 32.2 Å². The zero-order chi connectivity index (χ0) is 12.5. The van der Waals surface area contributed by atoms with Crippen LogP contribution in [0, 0.1) is 6.92 Å². The molecule has 0 N–H and O–H groups in total. The van der Waals surface area contributed by atoms with Crippen LogP contribution in [0.4, 0.5) is 0 Å². The molecule has 0 aliphatic heterocycles. The van der Waals surface area contributed by atoms with E-state index in [0.29, 0.717) is 0 Å². The van der Waals surface area contributed by atoms with Crippen LogP contribution in [-0.4, -0.2) is 9.97 Å². The highest BCUT2D eigenvalue weighted by Gasteiger charge is 2.10. The maximum Gasteiger partial charge on any atom is 0.0751 e. The monoisotopic (exact) mass is 298 g/mol. The van der Waals surface area contributed by atoms with Crippen LogP contribution < -0.4 is 0 Å². The first-order valence-corrected chi connectivity index (χ1v) is 6.52. The number of hydrogen-bond donors (Lipinski definition) is 0. The van der Waals surface area contributed by atoms with Gasteiger partial charge < -0.3 is 0 Å². The summed E-state index contributed by atoms with van der Waals surface area (Å²) < 4.78 is 1.11. The minimum atomic E-state index is 1.00. The van der Waals surface area contributed by atoms with Crippen molar-refractivity contribution >= 4 is 26.8 Å². The molecule has 0 bridgehead atoms. The number of benzene rings is 1. The molecule has 3 aromatic rings. The van der Waals surface area contributed by atoms with Crippen LogP contribution in [0.25, 0.3) is 22.2 Å². The van der Waals surface area contributed by atoms with Crippen LogP contribution in [-0.2, 0) is 0 Å². The summed E-state index contributed by atoms with van der Waals surface area (Å²) in [6.07, 6.45) is 3.58. The lowest BCUT2D eigenvalue weighted by Crippen LogP contribution is -1.92. The Hall–Kier alpha value is -1.74. The molecule has 0 saturated carbocycles. The predicted octanol–water partition coefficient (Wildman–Crippen LogP) is 4.37. The molecular formula is C15H11BrN2. The van der Waals surface area contributed by atoms with Gasteiger partial charge in [0.05, 0.1) is 11.2 Å². The summed E-state index contributed by atoms with van der Waals surface area (Å²) in [5.74, 6) is 0. The first kappa shape index (κ1) is 11.4. The number of aromatic nitrogens is 2. The summed E-state index contributed by atoms with van der Waals surface area (Å²) in [5, 5.41) is 1.15. The summed E-state index contributed by atoms with van der Waals surface area (Å²) >= 11 is 3.67. The first-order chi connectivity index (χ1) is 8.77. The Morgan fingerprint density at radius 1 is 1.00 bits per heavy atom. The molecule has 0 unspecified atom stereocenters. The lowest BCUT2D eigenvalue weighted by molar-refractivity contribution is 1.28. The zero-order valence-electron chi connectivity index (χ0n) is 9.89. The van der Waals surface area contributed by atoms with Gasteiger partial charge in [0.2, 0.25) is 0 Å². The normalized spacial score (nSPS) is 10.8. The van der Waals surface area contributed by atoms with Gasteiger partial charge in [-0.2, -0.15) is 0 Å². The highest BCUT2D eigenvalue weighted by atomic mass is 79.9. The highest BCUT2D eigenvalue weighted by Crippen LogP contribution is 2.32. The summed E-state index contributed by atoms with van der Waals surface area (Å²) in [6, 6.07) is 12.1. The topological polar surface area (TPSA) is 25.8 Å². The fourth-order valence-corrected chi connectivity index (χ4v) is 2.58. The molecule has 18 heavy (non-hydrogen) atoms. The second-order valence-corrected chi connectivity index (χ2v) is 4.95. The van der Waals surface area contributed by atoms with E-state index in [4.69, 9.17) is 4.98 Å². The second-order valence-electron chi connectivity index (χ2n) is 4.15. The van der Waals surface area contributed by atoms with E-state index in [-0.39, 0.29) is 0 Å². The molecule has 0 aliphatic carbocycles. The van der Waals surface area contributed by atoms with Crippen molar-refractivity contribution in [3.63, 3.8) is 0 Å². The van der Waals surface area contributed by atoms with Gasteiger partial charge in [-0.15, -0.1) is 0 Å². The Morgan fingerprint density at radius 3 is 2.50 bits per heavy atom. The average Bonchev–Trinajstić information content (AvgIpc) is 2.44. The SMILES string of the molecule is Cc1c(-c2ccncc2)nc2ccccc2c1Br. The molecule has 0 spiro atoms. The molecule has 2 aromatic heterocycles. The van der Waals surface area contributed by atoms with Crippen LogP contribution in [0.15, 0.2) is 53.3 Å². The van der Waals surface area contributed by atoms with Crippen molar-refractivity contribution in [1.29, 1.82) is 0 Å². The third-order valence-corrected chi connectivity index (χ3v) is 4.03. The maximum atomic E-state index is 4.75. The summed E-state index contributed by atoms with van der Waals surface area (Å²) in [5.41, 5.74) is 4.25. The minimum absolute atomic E-state index is 1.00. The summed E-state index contributed by atoms with van der Waals surface area (Å²) in [6.45, 7) is 2.08. The van der Waals surface area contributed by atoms with Crippen LogP contribution in [0.5, 0.6) is 0 Å². The van der Waals surface area contributed by atoms with Crippen molar-refractivity contribution in [2.24, 2.45) is 0 Å². The number of fused-ring (bicyclic) bond motifs is 1. The van der Waals surface area contributed by atoms with Crippen molar-refractivity contribution < 1.29 is 0 Å². The van der Waals surface area contributed by atoms with E-state index in [2.05, 4.69) is 33.9 Å². The van der Waals surface area contributed by atoms with Gasteiger partial charge in [0, 0.05) is 27.8 Å². The third-order valence-electron chi connectivity index (χ3n) is 3.01. The fourth-order valence-electron chi connectivity index (χ4n) is 2.06. The number of hydrogen-bond acceptors (Lipinski definition) is 2. The average molecular weight is 299 g/mol. The molecule has 1 aromatic carbocycles. The second kappa shape index (κ2) is 4.50. The minimum Gasteiger partial charge on any atom is -0.265 e. The maximum absolute atomic E-state index is 4.75. The van der Waals surface area contributed by atoms with Crippen LogP contribution in [0.3, 0.4) is 0 Å². The quantitative estimate of drug-likeness (QED) is 0.667. The molecule has 0 saturated heterocycles. The van der Waals surface area contributed by atoms with Gasteiger partial charge in [-0.3, -0.25) is 4.98 Å². The Labute approximate surface area is 114 Å². The molecule has 2 heterocycles. The van der Waals surface area contributed by atoms with Gasteiger partial charge in [-0.1, -0.05) is 18.2 Å². The number of halogens is 1. The molecule has 88 valence electrons. The number of pyridine rings is 2. The Bertz CT molecular complexity index is 708. The lowest BCUT2D eigenvalue weighted by atomic mass is 10.1. The molecule has 0 aliphatic rings. The highest BCUT2D eigenvalue weighted by molar-refractivity contribution is 9.10. The van der Waals surface area contributed by atoms with Gasteiger partial charge in [-0.25, -0.2) is 4.98 Å². The largest absolute Gasteiger partial charge is 0.265 e. The Morgan fingerprint density at radius 2 is 1.72 bits per heavy atom. The molecule has 0 fully saturated rings. The van der Waals surface area contributed by atoms with Crippen molar-refractivity contribution in [1.82, 2.24) is 9.97 Å². The van der Waals surface area contributed by atoms with Crippen LogP contribution in [0.1, 0.15) is 5.56 Å². The first-order valence-electron chi connectivity index (χ1n) is 5.72. The third kappa shape index (κ3) is 1.81. The molecule has 3 heteroatoms. The lowest BCUT2D eigenvalue weighted by Gasteiger charge is -2.10. The number of rotatable bonds is 1. The van der Waals surface area contributed by atoms with Crippen molar-refractivity contribution in [3.8, 4) is 11.3 Å². The fraction of sp³-hybridized carbons (Fsp3) is 0.0667. The molecule has 0 amide bonds. The standard InChI is InChI=1S/C15H11BrN2/c1-10-14(16)12-4-2-3-5-13(12)18-15(10)11-6-8-17-9-7-11/h2-9H,1H3. The van der Waals surface area contributed by atoms with E-state index >= 15 is 0 Å². The molecular weight excluding hydrogens is 288 g/mol. The summed E-state index contributed by atoms with van der Waals surface area (Å²) in [7, 11) is 0. The molecule has 0 radical (unpaired) electrons. The van der Waals surface area contributed by atoms with Gasteiger partial charge in [0.15, 0.2) is 0 Å². The van der Waals surface area contributed by atoms with Crippen molar-refractivity contribution in [2.75, 3.05) is 0 Å². The molecule has 0 atom stereocenters. The predicted molar refractivity (Wildman–Crippen MR) is 77.4 cm³/mol. The van der Waals surface area contributed by atoms with E-state index in [1.165, 1.54) is 0 Å². The molecule has 3 rings (SSSR count). The van der Waals surface area contributed by atoms with E-state index < -0.39 is 0 Å². The Balaban J connectivity index is 2.34. The zero-order valence-corrected chi connectivity index (χ0v) is 11.5. The van der Waals surface area contributed by atoms with Gasteiger partial charge in [0.1, 0.15) is 0 Å². The van der Waals surface area contributed by atoms with E-state index in [1.807, 2.05) is 30.3 Å². The van der Waals surface area contributed by atoms with Crippen LogP contribution in [0.2, 0.25) is 0 Å². The van der Waals surface area contributed by atoms with Crippen molar-refractivity contribution in [2.45, 2.75) is 6.92 Å².